The van der Waals surface area contributed by atoms with Gasteiger partial charge >= 0.3 is 5.97 Å². The molecule has 0 saturated carbocycles. The van der Waals surface area contributed by atoms with Gasteiger partial charge in [0.15, 0.2) is 0 Å². The zero-order valence-corrected chi connectivity index (χ0v) is 11.3. The van der Waals surface area contributed by atoms with Crippen LogP contribution in [-0.4, -0.2) is 27.0 Å². The van der Waals surface area contributed by atoms with Crippen LogP contribution < -0.4 is 5.32 Å². The molecule has 0 aliphatic heterocycles. The summed E-state index contributed by atoms with van der Waals surface area (Å²) in [7, 11) is 0. The molecular weight excluding hydrogens is 270 g/mol. The number of nitrogens with one attached hydrogen (secondary N) is 1. The van der Waals surface area contributed by atoms with Gasteiger partial charge in [-0.05, 0) is 36.8 Å². The van der Waals surface area contributed by atoms with Crippen molar-refractivity contribution in [3.8, 4) is 0 Å². The Bertz CT molecular complexity index is 711. The van der Waals surface area contributed by atoms with E-state index in [1.165, 1.54) is 24.5 Å². The first-order valence-corrected chi connectivity index (χ1v) is 6.15. The van der Waals surface area contributed by atoms with Gasteiger partial charge in [0.2, 0.25) is 0 Å². The fraction of sp³-hybridized carbons (Fsp3) is 0.0667. The number of anilines is 1. The Kier molecular flexibility index (Phi) is 4.40. The van der Waals surface area contributed by atoms with E-state index >= 15 is 0 Å². The molecule has 6 heteroatoms. The number of hydrogen-bond donors (Lipinski definition) is 2. The highest BCUT2D eigenvalue weighted by Gasteiger charge is 2.11. The fourth-order valence-corrected chi connectivity index (χ4v) is 1.70. The maximum Gasteiger partial charge on any atom is 0.328 e. The highest BCUT2D eigenvalue weighted by atomic mass is 16.4. The van der Waals surface area contributed by atoms with E-state index < -0.39 is 5.97 Å². The van der Waals surface area contributed by atoms with Crippen molar-refractivity contribution < 1.29 is 14.7 Å². The van der Waals surface area contributed by atoms with E-state index in [4.69, 9.17) is 5.11 Å². The molecule has 0 aliphatic rings. The molecule has 0 fully saturated rings. The first kappa shape index (κ1) is 14.4. The Hall–Kier alpha value is -3.02. The third-order valence-corrected chi connectivity index (χ3v) is 2.66. The van der Waals surface area contributed by atoms with Gasteiger partial charge in [0.05, 0.1) is 5.56 Å². The van der Waals surface area contributed by atoms with E-state index in [1.54, 1.807) is 12.3 Å². The number of nitrogens with zero attached hydrogens (tertiary/aromatic N) is 2. The number of rotatable bonds is 4. The molecular formula is C15H13N3O3. The van der Waals surface area contributed by atoms with E-state index in [1.807, 2.05) is 13.0 Å². The fourth-order valence-electron chi connectivity index (χ4n) is 1.70. The maximum absolute atomic E-state index is 12.2. The van der Waals surface area contributed by atoms with Gasteiger partial charge in [-0.3, -0.25) is 9.78 Å². The predicted molar refractivity (Wildman–Crippen MR) is 77.8 cm³/mol. The van der Waals surface area contributed by atoms with Crippen molar-refractivity contribution in [3.05, 3.63) is 59.6 Å². The maximum atomic E-state index is 12.2. The van der Waals surface area contributed by atoms with Crippen LogP contribution in [0.15, 0.2) is 42.9 Å². The second-order valence-electron chi connectivity index (χ2n) is 4.31. The van der Waals surface area contributed by atoms with Crippen molar-refractivity contribution in [2.75, 3.05) is 5.32 Å². The summed E-state index contributed by atoms with van der Waals surface area (Å²) in [5, 5.41) is 11.3. The number of pyridine rings is 2. The highest BCUT2D eigenvalue weighted by molar-refractivity contribution is 6.06. The van der Waals surface area contributed by atoms with E-state index in [-0.39, 0.29) is 5.91 Å². The molecule has 0 spiro atoms. The quantitative estimate of drug-likeness (QED) is 0.839. The van der Waals surface area contributed by atoms with Crippen molar-refractivity contribution in [2.24, 2.45) is 0 Å². The molecule has 0 aromatic carbocycles. The van der Waals surface area contributed by atoms with Gasteiger partial charge in [-0.1, -0.05) is 0 Å². The third kappa shape index (κ3) is 3.97. The van der Waals surface area contributed by atoms with Crippen LogP contribution in [0.3, 0.4) is 0 Å². The van der Waals surface area contributed by atoms with Gasteiger partial charge in [0, 0.05) is 30.2 Å². The zero-order chi connectivity index (χ0) is 15.2. The summed E-state index contributed by atoms with van der Waals surface area (Å²) in [6.07, 6.45) is 6.78. The molecule has 6 nitrogen and oxygen atoms in total. The van der Waals surface area contributed by atoms with Crippen LogP contribution in [0, 0.1) is 6.92 Å². The molecule has 0 saturated heterocycles. The van der Waals surface area contributed by atoms with Crippen molar-refractivity contribution in [3.63, 3.8) is 0 Å². The first-order chi connectivity index (χ1) is 10.1. The summed E-state index contributed by atoms with van der Waals surface area (Å²) in [6, 6.07) is 5.08. The lowest BCUT2D eigenvalue weighted by atomic mass is 10.1. The first-order valence-electron chi connectivity index (χ1n) is 6.15. The smallest absolute Gasteiger partial charge is 0.328 e. The number of carboxylic acids is 1. The molecule has 106 valence electrons. The van der Waals surface area contributed by atoms with Gasteiger partial charge in [0.1, 0.15) is 5.82 Å². The highest BCUT2D eigenvalue weighted by Crippen LogP contribution is 2.12. The van der Waals surface area contributed by atoms with Crippen LogP contribution in [0.4, 0.5) is 5.82 Å². The normalized spacial score (nSPS) is 10.5. The monoisotopic (exact) mass is 283 g/mol. The lowest BCUT2D eigenvalue weighted by Crippen LogP contribution is -2.14. The van der Waals surface area contributed by atoms with Crippen LogP contribution >= 0.6 is 0 Å². The van der Waals surface area contributed by atoms with Gasteiger partial charge in [-0.25, -0.2) is 9.78 Å². The number of carboxylic acid groups (broad SMARTS) is 1. The van der Waals surface area contributed by atoms with Crippen LogP contribution in [0.2, 0.25) is 0 Å². The lowest BCUT2D eigenvalue weighted by molar-refractivity contribution is -0.131. The number of carbonyl (C=O) groups is 2. The summed E-state index contributed by atoms with van der Waals surface area (Å²) >= 11 is 0. The van der Waals surface area contributed by atoms with E-state index in [0.29, 0.717) is 16.9 Å². The average Bonchev–Trinajstić information content (AvgIpc) is 2.45. The minimum absolute atomic E-state index is 0.325. The Morgan fingerprint density at radius 2 is 2.10 bits per heavy atom. The van der Waals surface area contributed by atoms with Crippen LogP contribution in [0.5, 0.6) is 0 Å². The van der Waals surface area contributed by atoms with Crippen molar-refractivity contribution in [1.29, 1.82) is 0 Å². The molecule has 2 aromatic rings. The summed E-state index contributed by atoms with van der Waals surface area (Å²) < 4.78 is 0. The SMILES string of the molecule is Cc1ccnc(NC(=O)c2ccncc2C=CC(=O)O)c1. The van der Waals surface area contributed by atoms with E-state index in [9.17, 15) is 9.59 Å². The largest absolute Gasteiger partial charge is 0.478 e. The van der Waals surface area contributed by atoms with E-state index in [0.717, 1.165) is 11.6 Å². The Morgan fingerprint density at radius 3 is 2.81 bits per heavy atom. The molecule has 2 N–H and O–H groups in total. The standard InChI is InChI=1S/C15H13N3O3/c1-10-4-7-17-13(8-10)18-15(21)12-5-6-16-9-11(12)2-3-14(19)20/h2-9H,1H3,(H,19,20)(H,17,18,21). The molecule has 2 rings (SSSR count). The van der Waals surface area contributed by atoms with Crippen LogP contribution in [0.1, 0.15) is 21.5 Å². The topological polar surface area (TPSA) is 92.2 Å². The van der Waals surface area contributed by atoms with Gasteiger partial charge in [-0.2, -0.15) is 0 Å². The molecule has 0 unspecified atom stereocenters. The number of aliphatic carboxylic acids is 1. The number of amides is 1. The van der Waals surface area contributed by atoms with Gasteiger partial charge < -0.3 is 10.4 Å². The molecule has 0 bridgehead atoms. The zero-order valence-electron chi connectivity index (χ0n) is 11.3. The average molecular weight is 283 g/mol. The number of aromatic nitrogens is 2. The van der Waals surface area contributed by atoms with Crippen molar-refractivity contribution in [1.82, 2.24) is 9.97 Å². The van der Waals surface area contributed by atoms with Crippen molar-refractivity contribution >= 4 is 23.8 Å². The molecule has 0 aliphatic carbocycles. The van der Waals surface area contributed by atoms with Crippen LogP contribution in [0.25, 0.3) is 6.08 Å². The third-order valence-electron chi connectivity index (χ3n) is 2.66. The number of hydrogen-bond acceptors (Lipinski definition) is 4. The molecule has 2 heterocycles. The minimum atomic E-state index is -1.09. The Balaban J connectivity index is 2.25. The number of aryl methyl sites for hydroxylation is 1. The van der Waals surface area contributed by atoms with Crippen molar-refractivity contribution in [2.45, 2.75) is 6.92 Å². The molecule has 21 heavy (non-hydrogen) atoms. The molecule has 1 amide bonds. The predicted octanol–water partition coefficient (Wildman–Crippen LogP) is 2.14. The van der Waals surface area contributed by atoms with Crippen LogP contribution in [-0.2, 0) is 4.79 Å². The van der Waals surface area contributed by atoms with Gasteiger partial charge in [-0.15, -0.1) is 0 Å². The summed E-state index contributed by atoms with van der Waals surface area (Å²) in [5.74, 6) is -1.03. The number of carbonyl (C=O) groups excluding carboxylic acids is 1. The summed E-state index contributed by atoms with van der Waals surface area (Å²) in [5.41, 5.74) is 1.72. The molecule has 2 aromatic heterocycles. The minimum Gasteiger partial charge on any atom is -0.478 e. The second-order valence-corrected chi connectivity index (χ2v) is 4.31. The lowest BCUT2D eigenvalue weighted by Gasteiger charge is -2.07. The van der Waals surface area contributed by atoms with E-state index in [2.05, 4.69) is 15.3 Å². The van der Waals surface area contributed by atoms with Gasteiger partial charge in [0.25, 0.3) is 5.91 Å². The summed E-state index contributed by atoms with van der Waals surface area (Å²) in [6.45, 7) is 1.89. The molecule has 0 radical (unpaired) electrons. The Labute approximate surface area is 121 Å². The second kappa shape index (κ2) is 6.42. The Morgan fingerprint density at radius 1 is 1.29 bits per heavy atom. The molecule has 0 atom stereocenters. The summed E-state index contributed by atoms with van der Waals surface area (Å²) in [4.78, 5) is 30.7.